The number of hydrogen-bond acceptors (Lipinski definition) is 5. The SMILES string of the molecule is BrCC1CN(c2nccc3cc4c(cc23)OCO4)CCO1. The van der Waals surface area contributed by atoms with Gasteiger partial charge in [-0.2, -0.15) is 0 Å². The Morgan fingerprint density at radius 3 is 3.00 bits per heavy atom. The Labute approximate surface area is 130 Å². The third-order valence-electron chi connectivity index (χ3n) is 3.85. The maximum atomic E-state index is 5.70. The molecular formula is C15H15BrN2O3. The lowest BCUT2D eigenvalue weighted by Crippen LogP contribution is -2.43. The fraction of sp³-hybridized carbons (Fsp3) is 0.400. The van der Waals surface area contributed by atoms with Gasteiger partial charge in [0.15, 0.2) is 11.5 Å². The van der Waals surface area contributed by atoms with Gasteiger partial charge in [-0.05, 0) is 23.6 Å². The molecule has 3 heterocycles. The second-order valence-electron chi connectivity index (χ2n) is 5.15. The minimum Gasteiger partial charge on any atom is -0.454 e. The number of ether oxygens (including phenoxy) is 3. The predicted octanol–water partition coefficient (Wildman–Crippen LogP) is 2.56. The zero-order valence-electron chi connectivity index (χ0n) is 11.4. The van der Waals surface area contributed by atoms with Crippen molar-refractivity contribution in [1.82, 2.24) is 4.98 Å². The van der Waals surface area contributed by atoms with Crippen LogP contribution >= 0.6 is 15.9 Å². The van der Waals surface area contributed by atoms with Crippen molar-refractivity contribution in [3.63, 3.8) is 0 Å². The van der Waals surface area contributed by atoms with Crippen molar-refractivity contribution < 1.29 is 14.2 Å². The Kier molecular flexibility index (Phi) is 3.35. The van der Waals surface area contributed by atoms with Crippen molar-refractivity contribution in [3.8, 4) is 11.5 Å². The lowest BCUT2D eigenvalue weighted by Gasteiger charge is -2.33. The average molecular weight is 351 g/mol. The second kappa shape index (κ2) is 5.35. The monoisotopic (exact) mass is 350 g/mol. The summed E-state index contributed by atoms with van der Waals surface area (Å²) in [5, 5.41) is 3.05. The highest BCUT2D eigenvalue weighted by Gasteiger charge is 2.23. The molecule has 0 saturated carbocycles. The van der Waals surface area contributed by atoms with E-state index in [1.54, 1.807) is 0 Å². The number of nitrogens with zero attached hydrogens (tertiary/aromatic N) is 2. The van der Waals surface area contributed by atoms with Crippen molar-refractivity contribution in [2.24, 2.45) is 0 Å². The third kappa shape index (κ3) is 2.32. The maximum Gasteiger partial charge on any atom is 0.231 e. The van der Waals surface area contributed by atoms with Crippen LogP contribution in [0.5, 0.6) is 11.5 Å². The molecule has 110 valence electrons. The van der Waals surface area contributed by atoms with Gasteiger partial charge in [-0.1, -0.05) is 15.9 Å². The van der Waals surface area contributed by atoms with Crippen LogP contribution < -0.4 is 14.4 Å². The van der Waals surface area contributed by atoms with E-state index < -0.39 is 0 Å². The highest BCUT2D eigenvalue weighted by molar-refractivity contribution is 9.09. The van der Waals surface area contributed by atoms with Gasteiger partial charge in [-0.15, -0.1) is 0 Å². The quantitative estimate of drug-likeness (QED) is 0.778. The van der Waals surface area contributed by atoms with Crippen molar-refractivity contribution in [3.05, 3.63) is 24.4 Å². The van der Waals surface area contributed by atoms with E-state index in [4.69, 9.17) is 14.2 Å². The van der Waals surface area contributed by atoms with Gasteiger partial charge < -0.3 is 19.1 Å². The van der Waals surface area contributed by atoms with E-state index in [1.165, 1.54) is 0 Å². The summed E-state index contributed by atoms with van der Waals surface area (Å²) in [5.74, 6) is 2.59. The summed E-state index contributed by atoms with van der Waals surface area (Å²) in [6, 6.07) is 6.05. The molecule has 2 aliphatic heterocycles. The van der Waals surface area contributed by atoms with E-state index in [-0.39, 0.29) is 12.9 Å². The smallest absolute Gasteiger partial charge is 0.231 e. The first kappa shape index (κ1) is 13.2. The molecule has 0 aliphatic carbocycles. The molecule has 0 amide bonds. The Morgan fingerprint density at radius 2 is 2.14 bits per heavy atom. The summed E-state index contributed by atoms with van der Waals surface area (Å²) < 4.78 is 16.6. The van der Waals surface area contributed by atoms with E-state index >= 15 is 0 Å². The molecule has 1 aromatic heterocycles. The van der Waals surface area contributed by atoms with Crippen molar-refractivity contribution >= 4 is 32.5 Å². The largest absolute Gasteiger partial charge is 0.454 e. The standard InChI is InChI=1S/C15H15BrN2O3/c16-7-11-8-18(3-4-19-11)15-12-6-14-13(20-9-21-14)5-10(12)1-2-17-15/h1-2,5-6,11H,3-4,7-9H2. The van der Waals surface area contributed by atoms with Crippen LogP contribution in [0.25, 0.3) is 10.8 Å². The molecule has 1 saturated heterocycles. The van der Waals surface area contributed by atoms with E-state index in [1.807, 2.05) is 24.4 Å². The Bertz CT molecular complexity index is 679. The number of hydrogen-bond donors (Lipinski definition) is 0. The molecule has 0 N–H and O–H groups in total. The van der Waals surface area contributed by atoms with Gasteiger partial charge in [0, 0.05) is 30.0 Å². The first-order valence-corrected chi connectivity index (χ1v) is 8.08. The van der Waals surface area contributed by atoms with Crippen LogP contribution in [-0.4, -0.2) is 42.9 Å². The molecule has 1 atom stereocenters. The first-order chi connectivity index (χ1) is 10.3. The van der Waals surface area contributed by atoms with Gasteiger partial charge in [0.2, 0.25) is 6.79 Å². The van der Waals surface area contributed by atoms with Gasteiger partial charge in [-0.3, -0.25) is 0 Å². The minimum absolute atomic E-state index is 0.199. The fourth-order valence-corrected chi connectivity index (χ4v) is 3.20. The maximum absolute atomic E-state index is 5.70. The summed E-state index contributed by atoms with van der Waals surface area (Å²) in [6.07, 6.45) is 2.04. The molecule has 1 unspecified atom stereocenters. The molecule has 2 aliphatic rings. The second-order valence-corrected chi connectivity index (χ2v) is 5.80. The molecule has 21 heavy (non-hydrogen) atoms. The van der Waals surface area contributed by atoms with Crippen LogP contribution in [-0.2, 0) is 4.74 Å². The van der Waals surface area contributed by atoms with Gasteiger partial charge in [-0.25, -0.2) is 4.98 Å². The Hall–Kier alpha value is -1.53. The van der Waals surface area contributed by atoms with E-state index in [0.29, 0.717) is 0 Å². The molecule has 5 nitrogen and oxygen atoms in total. The molecule has 0 bridgehead atoms. The summed E-state index contributed by atoms with van der Waals surface area (Å²) in [4.78, 5) is 6.86. The lowest BCUT2D eigenvalue weighted by molar-refractivity contribution is 0.0569. The molecule has 6 heteroatoms. The Balaban J connectivity index is 1.78. The Morgan fingerprint density at radius 1 is 1.29 bits per heavy atom. The van der Waals surface area contributed by atoms with Gasteiger partial charge in [0.1, 0.15) is 5.82 Å². The topological polar surface area (TPSA) is 43.8 Å². The van der Waals surface area contributed by atoms with E-state index in [2.05, 4.69) is 25.8 Å². The van der Waals surface area contributed by atoms with E-state index in [0.717, 1.165) is 53.1 Å². The summed E-state index contributed by atoms with van der Waals surface area (Å²) in [6.45, 7) is 2.70. The van der Waals surface area contributed by atoms with Crippen LogP contribution in [0.1, 0.15) is 0 Å². The van der Waals surface area contributed by atoms with Gasteiger partial charge in [0.25, 0.3) is 0 Å². The first-order valence-electron chi connectivity index (χ1n) is 6.96. The average Bonchev–Trinajstić information content (AvgIpc) is 2.99. The molecule has 0 spiro atoms. The van der Waals surface area contributed by atoms with Crippen LogP contribution in [0, 0.1) is 0 Å². The molecule has 1 fully saturated rings. The zero-order valence-corrected chi connectivity index (χ0v) is 13.0. The number of aromatic nitrogens is 1. The number of benzene rings is 1. The van der Waals surface area contributed by atoms with Crippen LogP contribution in [0.3, 0.4) is 0 Å². The van der Waals surface area contributed by atoms with Gasteiger partial charge >= 0.3 is 0 Å². The normalized spacial score (nSPS) is 21.0. The predicted molar refractivity (Wildman–Crippen MR) is 83.6 cm³/mol. The molecule has 0 radical (unpaired) electrons. The highest BCUT2D eigenvalue weighted by atomic mass is 79.9. The third-order valence-corrected chi connectivity index (χ3v) is 4.57. The van der Waals surface area contributed by atoms with Crippen molar-refractivity contribution in [2.75, 3.05) is 36.7 Å². The number of rotatable bonds is 2. The molecule has 1 aromatic carbocycles. The highest BCUT2D eigenvalue weighted by Crippen LogP contribution is 2.38. The number of pyridine rings is 1. The fourth-order valence-electron chi connectivity index (χ4n) is 2.80. The number of anilines is 1. The number of alkyl halides is 1. The minimum atomic E-state index is 0.199. The molecule has 4 rings (SSSR count). The van der Waals surface area contributed by atoms with E-state index in [9.17, 15) is 0 Å². The molecular weight excluding hydrogens is 336 g/mol. The number of fused-ring (bicyclic) bond motifs is 2. The summed E-state index contributed by atoms with van der Waals surface area (Å²) in [5.41, 5.74) is 0. The van der Waals surface area contributed by atoms with Gasteiger partial charge in [0.05, 0.1) is 12.7 Å². The van der Waals surface area contributed by atoms with Crippen molar-refractivity contribution in [1.29, 1.82) is 0 Å². The molecule has 2 aromatic rings. The summed E-state index contributed by atoms with van der Waals surface area (Å²) >= 11 is 3.49. The van der Waals surface area contributed by atoms with Crippen molar-refractivity contribution in [2.45, 2.75) is 6.10 Å². The van der Waals surface area contributed by atoms with Crippen LogP contribution in [0.15, 0.2) is 24.4 Å². The zero-order chi connectivity index (χ0) is 14.2. The lowest BCUT2D eigenvalue weighted by atomic mass is 10.1. The summed E-state index contributed by atoms with van der Waals surface area (Å²) in [7, 11) is 0. The van der Waals surface area contributed by atoms with Crippen LogP contribution in [0.4, 0.5) is 5.82 Å². The number of halogens is 1. The number of morpholine rings is 1. The van der Waals surface area contributed by atoms with Crippen LogP contribution in [0.2, 0.25) is 0 Å².